The van der Waals surface area contributed by atoms with Gasteiger partial charge in [0.05, 0.1) is 6.61 Å². The van der Waals surface area contributed by atoms with Gasteiger partial charge < -0.3 is 18.8 Å². The third-order valence-corrected chi connectivity index (χ3v) is 11.3. The summed E-state index contributed by atoms with van der Waals surface area (Å²) in [7, 11) is -3.24. The second-order valence-corrected chi connectivity index (χ2v) is 17.8. The molecule has 0 aliphatic rings. The topological polar surface area (TPSA) is 161 Å². The molecule has 362 valence electrons. The van der Waals surface area contributed by atoms with Gasteiger partial charge in [-0.15, -0.1) is 0 Å². The average molecular weight is 929 g/mol. The number of hydrogen-bond donors (Lipinski definition) is 0. The number of esters is 2. The molecule has 0 aromatic carbocycles. The Hall–Kier alpha value is -2.29. The van der Waals surface area contributed by atoms with E-state index in [0.29, 0.717) is 43.6 Å². The summed E-state index contributed by atoms with van der Waals surface area (Å²) in [6.45, 7) is 3.77. The number of nitrogens with zero attached hydrogens (tertiary/aromatic N) is 2. The molecular formula is C50H85N2NaO10S. The molecule has 14 heteroatoms. The van der Waals surface area contributed by atoms with Gasteiger partial charge in [-0.05, 0) is 95.6 Å². The summed E-state index contributed by atoms with van der Waals surface area (Å²) in [5.41, 5.74) is 0.642. The molecule has 0 saturated heterocycles. The standard InChI is InChI=1S/C50H86N2O10S.Na/c1-4-6-8-10-12-14-16-18-20-22-24-26-28-30-32-40-48(53)59-43-46(44-60-49(54)41-33-31-29-27-25-23-21-19-17-15-13-11-9-7-5-2)62-50(55)52(3)47-39-36-38-45(51-47)37-34-35-42-61-63(56,57)58;/h18-21,36,38-39,46H,4-17,22-35,37,40-44H2,1-3H3,(H,56,57,58);/q;+1/p-1/b20-18+,21-19+;. The van der Waals surface area contributed by atoms with Gasteiger partial charge in [0.15, 0.2) is 6.10 Å². The smallest absolute Gasteiger partial charge is 0.726 e. The Bertz CT molecular complexity index is 1420. The Morgan fingerprint density at radius 3 is 1.48 bits per heavy atom. The van der Waals surface area contributed by atoms with Crippen molar-refractivity contribution in [1.82, 2.24) is 4.98 Å². The SMILES string of the molecule is CCCCCCCC/C=C/CCCCCCCC(=O)OCC(COC(=O)CCCCCCC/C=C/CCCCCCCC)OC(=O)N(C)c1cccc(CCCCOS(=O)(=O)[O-])n1.[Na+]. The number of allylic oxidation sites excluding steroid dienone is 4. The predicted molar refractivity (Wildman–Crippen MR) is 252 cm³/mol. The van der Waals surface area contributed by atoms with Crippen molar-refractivity contribution < 1.29 is 75.3 Å². The fourth-order valence-electron chi connectivity index (χ4n) is 6.99. The van der Waals surface area contributed by atoms with Crippen LogP contribution in [0.4, 0.5) is 10.6 Å². The molecule has 0 bridgehead atoms. The number of rotatable bonds is 42. The molecule has 0 unspecified atom stereocenters. The van der Waals surface area contributed by atoms with Crippen LogP contribution in [-0.2, 0) is 44.8 Å². The van der Waals surface area contributed by atoms with Crippen molar-refractivity contribution in [2.45, 2.75) is 219 Å². The van der Waals surface area contributed by atoms with E-state index in [1.807, 2.05) is 0 Å². The largest absolute Gasteiger partial charge is 1.00 e. The minimum atomic E-state index is -4.74. The van der Waals surface area contributed by atoms with Gasteiger partial charge in [0.1, 0.15) is 19.0 Å². The molecule has 0 radical (unpaired) electrons. The Morgan fingerprint density at radius 2 is 1.05 bits per heavy atom. The fraction of sp³-hybridized carbons (Fsp3) is 0.760. The second kappa shape index (κ2) is 43.3. The maximum atomic E-state index is 13.3. The van der Waals surface area contributed by atoms with Crippen molar-refractivity contribution in [3.05, 3.63) is 48.2 Å². The molecule has 0 saturated carbocycles. The fourth-order valence-corrected chi connectivity index (χ4v) is 7.31. The molecule has 1 aromatic heterocycles. The molecular weight excluding hydrogens is 844 g/mol. The first-order chi connectivity index (χ1) is 30.6. The zero-order valence-corrected chi connectivity index (χ0v) is 43.4. The molecule has 1 heterocycles. The normalized spacial score (nSPS) is 11.6. The maximum absolute atomic E-state index is 13.3. The summed E-state index contributed by atoms with van der Waals surface area (Å²) in [5.74, 6) is -0.486. The van der Waals surface area contributed by atoms with Gasteiger partial charge in [-0.25, -0.2) is 18.2 Å². The minimum absolute atomic E-state index is 0. The first-order valence-electron chi connectivity index (χ1n) is 24.7. The first-order valence-corrected chi connectivity index (χ1v) is 26.0. The number of aromatic nitrogens is 1. The molecule has 0 spiro atoms. The number of aryl methyl sites for hydroxylation is 1. The Kier molecular flexibility index (Phi) is 41.7. The Balaban J connectivity index is 0.0000397. The summed E-state index contributed by atoms with van der Waals surface area (Å²) in [6.07, 6.45) is 39.5. The van der Waals surface area contributed by atoms with Crippen LogP contribution in [-0.4, -0.2) is 69.0 Å². The van der Waals surface area contributed by atoms with Crippen LogP contribution in [0.5, 0.6) is 0 Å². The van der Waals surface area contributed by atoms with E-state index in [1.54, 1.807) is 18.2 Å². The van der Waals surface area contributed by atoms with Gasteiger partial charge in [-0.3, -0.25) is 18.7 Å². The van der Waals surface area contributed by atoms with E-state index in [0.717, 1.165) is 64.2 Å². The van der Waals surface area contributed by atoms with Gasteiger partial charge in [-0.2, -0.15) is 0 Å². The van der Waals surface area contributed by atoms with Gasteiger partial charge >= 0.3 is 47.6 Å². The van der Waals surface area contributed by atoms with E-state index in [9.17, 15) is 27.4 Å². The van der Waals surface area contributed by atoms with E-state index in [-0.39, 0.29) is 62.2 Å². The van der Waals surface area contributed by atoms with Crippen LogP contribution in [0.2, 0.25) is 0 Å². The van der Waals surface area contributed by atoms with Gasteiger partial charge in [0.2, 0.25) is 10.4 Å². The monoisotopic (exact) mass is 929 g/mol. The molecule has 1 amide bonds. The number of amides is 1. The van der Waals surface area contributed by atoms with Gasteiger partial charge in [0, 0.05) is 25.6 Å². The molecule has 0 N–H and O–H groups in total. The van der Waals surface area contributed by atoms with Crippen molar-refractivity contribution in [3.8, 4) is 0 Å². The zero-order chi connectivity index (χ0) is 46.1. The molecule has 1 rings (SSSR count). The van der Waals surface area contributed by atoms with Crippen molar-refractivity contribution >= 4 is 34.2 Å². The van der Waals surface area contributed by atoms with Crippen molar-refractivity contribution in [3.63, 3.8) is 0 Å². The van der Waals surface area contributed by atoms with E-state index in [2.05, 4.69) is 47.3 Å². The molecule has 0 fully saturated rings. The molecule has 0 atom stereocenters. The number of carbonyl (C=O) groups excluding carboxylic acids is 3. The maximum Gasteiger partial charge on any atom is 1.00 e. The molecule has 0 aliphatic carbocycles. The molecule has 1 aromatic rings. The summed E-state index contributed by atoms with van der Waals surface area (Å²) < 4.78 is 52.9. The van der Waals surface area contributed by atoms with Gasteiger partial charge in [-0.1, -0.05) is 147 Å². The van der Waals surface area contributed by atoms with Crippen LogP contribution >= 0.6 is 0 Å². The minimum Gasteiger partial charge on any atom is -0.726 e. The predicted octanol–water partition coefficient (Wildman–Crippen LogP) is 9.99. The summed E-state index contributed by atoms with van der Waals surface area (Å²) in [5, 5.41) is 0. The summed E-state index contributed by atoms with van der Waals surface area (Å²) in [4.78, 5) is 44.4. The average Bonchev–Trinajstić information content (AvgIpc) is 3.26. The number of anilines is 1. The van der Waals surface area contributed by atoms with E-state index in [1.165, 1.54) is 102 Å². The molecule has 0 aliphatic heterocycles. The second-order valence-electron chi connectivity index (χ2n) is 16.8. The van der Waals surface area contributed by atoms with Crippen LogP contribution in [0.15, 0.2) is 42.5 Å². The number of pyridine rings is 1. The van der Waals surface area contributed by atoms with E-state index < -0.39 is 34.5 Å². The van der Waals surface area contributed by atoms with E-state index >= 15 is 0 Å². The van der Waals surface area contributed by atoms with Crippen LogP contribution in [0.25, 0.3) is 0 Å². The third-order valence-electron chi connectivity index (χ3n) is 10.9. The Morgan fingerprint density at radius 1 is 0.625 bits per heavy atom. The third kappa shape index (κ3) is 38.9. The van der Waals surface area contributed by atoms with Crippen LogP contribution in [0.3, 0.4) is 0 Å². The number of hydrogen-bond acceptors (Lipinski definition) is 11. The van der Waals surface area contributed by atoms with Gasteiger partial charge in [0.25, 0.3) is 0 Å². The summed E-state index contributed by atoms with van der Waals surface area (Å²) >= 11 is 0. The zero-order valence-electron chi connectivity index (χ0n) is 40.5. The quantitative estimate of drug-likeness (QED) is 0.0117. The Labute approximate surface area is 411 Å². The molecule has 12 nitrogen and oxygen atoms in total. The van der Waals surface area contributed by atoms with Crippen molar-refractivity contribution in [1.29, 1.82) is 0 Å². The molecule has 64 heavy (non-hydrogen) atoms. The first kappa shape index (κ1) is 61.7. The van der Waals surface area contributed by atoms with Crippen molar-refractivity contribution in [2.75, 3.05) is 31.8 Å². The number of carbonyl (C=O) groups is 3. The number of ether oxygens (including phenoxy) is 3. The van der Waals surface area contributed by atoms with Crippen LogP contribution in [0.1, 0.15) is 212 Å². The van der Waals surface area contributed by atoms with Crippen LogP contribution < -0.4 is 34.5 Å². The van der Waals surface area contributed by atoms with Crippen LogP contribution in [0, 0.1) is 0 Å². The van der Waals surface area contributed by atoms with E-state index in [4.69, 9.17) is 14.2 Å². The summed E-state index contributed by atoms with van der Waals surface area (Å²) in [6, 6.07) is 5.13. The van der Waals surface area contributed by atoms with Crippen molar-refractivity contribution in [2.24, 2.45) is 0 Å². The number of unbranched alkanes of at least 4 members (excludes halogenated alkanes) is 23.